The summed E-state index contributed by atoms with van der Waals surface area (Å²) in [6.45, 7) is 3.68. The third-order valence-electron chi connectivity index (χ3n) is 1.83. The molecule has 0 aliphatic heterocycles. The summed E-state index contributed by atoms with van der Waals surface area (Å²) in [6.07, 6.45) is -2.30. The van der Waals surface area contributed by atoms with Crippen molar-refractivity contribution in [3.63, 3.8) is 0 Å². The monoisotopic (exact) mass is 231 g/mol. The first-order valence-electron chi connectivity index (χ1n) is 4.81. The van der Waals surface area contributed by atoms with E-state index >= 15 is 0 Å². The molecule has 0 amide bonds. The Labute approximate surface area is 91.8 Å². The molecule has 0 fully saturated rings. The van der Waals surface area contributed by atoms with Gasteiger partial charge in [0, 0.05) is 12.3 Å². The van der Waals surface area contributed by atoms with Crippen molar-refractivity contribution in [1.29, 1.82) is 0 Å². The summed E-state index contributed by atoms with van der Waals surface area (Å²) in [5, 5.41) is 0. The summed E-state index contributed by atoms with van der Waals surface area (Å²) in [5.41, 5.74) is 1.29. The molecule has 0 unspecified atom stereocenters. The first kappa shape index (κ1) is 12.5. The van der Waals surface area contributed by atoms with Crippen LogP contribution in [-0.2, 0) is 0 Å². The van der Waals surface area contributed by atoms with Gasteiger partial charge in [0.25, 0.3) is 0 Å². The van der Waals surface area contributed by atoms with E-state index in [0.717, 1.165) is 12.0 Å². The second-order valence-corrected chi connectivity index (χ2v) is 3.22. The lowest BCUT2D eigenvalue weighted by molar-refractivity contribution is -0.274. The molecule has 0 aliphatic carbocycles. The van der Waals surface area contributed by atoms with Gasteiger partial charge in [-0.25, -0.2) is 0 Å². The van der Waals surface area contributed by atoms with Gasteiger partial charge in [-0.15, -0.1) is 13.2 Å². The van der Waals surface area contributed by atoms with Gasteiger partial charge in [0.05, 0.1) is 5.69 Å². The third-order valence-corrected chi connectivity index (χ3v) is 1.83. The quantitative estimate of drug-likeness (QED) is 0.720. The summed E-state index contributed by atoms with van der Waals surface area (Å²) in [4.78, 5) is 4.04. The maximum Gasteiger partial charge on any atom is 0.573 e. The molecule has 1 aromatic rings. The van der Waals surface area contributed by atoms with E-state index in [1.165, 1.54) is 12.1 Å². The smallest absolute Gasteiger partial charge is 0.406 e. The summed E-state index contributed by atoms with van der Waals surface area (Å²) in [5.74, 6) is -0.249. The summed E-state index contributed by atoms with van der Waals surface area (Å²) in [6, 6.07) is 4.09. The highest BCUT2D eigenvalue weighted by Crippen LogP contribution is 2.28. The maximum absolute atomic E-state index is 12.0. The van der Waals surface area contributed by atoms with Crippen LogP contribution in [0.4, 0.5) is 18.9 Å². The van der Waals surface area contributed by atoms with Crippen LogP contribution in [0.5, 0.6) is 5.75 Å². The van der Waals surface area contributed by atoms with Crippen LogP contribution in [0.15, 0.2) is 23.2 Å². The van der Waals surface area contributed by atoms with Crippen LogP contribution in [0, 0.1) is 6.92 Å². The lowest BCUT2D eigenvalue weighted by Gasteiger charge is -2.09. The van der Waals surface area contributed by atoms with E-state index in [0.29, 0.717) is 5.69 Å². The second kappa shape index (κ2) is 5.01. The van der Waals surface area contributed by atoms with Crippen molar-refractivity contribution >= 4 is 11.9 Å². The van der Waals surface area contributed by atoms with Crippen molar-refractivity contribution in [2.75, 3.05) is 0 Å². The molecule has 0 atom stereocenters. The molecule has 0 aliphatic rings. The molecule has 1 aromatic carbocycles. The SMILES string of the molecule is CCC=Nc1cc(OC(F)(F)F)ccc1C. The van der Waals surface area contributed by atoms with E-state index in [1.807, 2.05) is 6.92 Å². The summed E-state index contributed by atoms with van der Waals surface area (Å²) >= 11 is 0. The van der Waals surface area contributed by atoms with Crippen LogP contribution in [0.3, 0.4) is 0 Å². The molecule has 16 heavy (non-hydrogen) atoms. The van der Waals surface area contributed by atoms with Gasteiger partial charge >= 0.3 is 6.36 Å². The average molecular weight is 231 g/mol. The lowest BCUT2D eigenvalue weighted by Crippen LogP contribution is -2.17. The number of alkyl halides is 3. The summed E-state index contributed by atoms with van der Waals surface area (Å²) in [7, 11) is 0. The minimum absolute atomic E-state index is 0.249. The van der Waals surface area contributed by atoms with Gasteiger partial charge in [0.1, 0.15) is 5.75 Å². The number of hydrogen-bond donors (Lipinski definition) is 0. The number of ether oxygens (including phenoxy) is 1. The fourth-order valence-corrected chi connectivity index (χ4v) is 1.12. The van der Waals surface area contributed by atoms with E-state index in [1.54, 1.807) is 19.2 Å². The van der Waals surface area contributed by atoms with Crippen LogP contribution in [0.25, 0.3) is 0 Å². The Bertz CT molecular complexity index is 385. The Morgan fingerprint density at radius 2 is 2.06 bits per heavy atom. The first-order chi connectivity index (χ1) is 7.42. The predicted molar refractivity (Wildman–Crippen MR) is 56.3 cm³/mol. The molecule has 0 heterocycles. The van der Waals surface area contributed by atoms with Crippen molar-refractivity contribution in [3.8, 4) is 5.75 Å². The number of rotatable bonds is 3. The summed E-state index contributed by atoms with van der Waals surface area (Å²) < 4.78 is 39.7. The van der Waals surface area contributed by atoms with Crippen molar-refractivity contribution < 1.29 is 17.9 Å². The lowest BCUT2D eigenvalue weighted by atomic mass is 10.2. The van der Waals surface area contributed by atoms with Crippen molar-refractivity contribution in [3.05, 3.63) is 23.8 Å². The van der Waals surface area contributed by atoms with Crippen LogP contribution in [-0.4, -0.2) is 12.6 Å². The molecule has 88 valence electrons. The first-order valence-corrected chi connectivity index (χ1v) is 4.81. The van der Waals surface area contributed by atoms with Crippen LogP contribution < -0.4 is 4.74 Å². The highest BCUT2D eigenvalue weighted by Gasteiger charge is 2.31. The van der Waals surface area contributed by atoms with E-state index in [4.69, 9.17) is 0 Å². The van der Waals surface area contributed by atoms with Crippen LogP contribution >= 0.6 is 0 Å². The molecule has 0 aromatic heterocycles. The standard InChI is InChI=1S/C11H12F3NO/c1-3-6-15-10-7-9(5-4-8(10)2)16-11(12,13)14/h4-7H,3H2,1-2H3. The van der Waals surface area contributed by atoms with Crippen molar-refractivity contribution in [2.45, 2.75) is 26.6 Å². The molecular weight excluding hydrogens is 219 g/mol. The Kier molecular flexibility index (Phi) is 3.93. The van der Waals surface area contributed by atoms with E-state index in [2.05, 4.69) is 9.73 Å². The van der Waals surface area contributed by atoms with Crippen LogP contribution in [0.1, 0.15) is 18.9 Å². The number of halogens is 3. The predicted octanol–water partition coefficient (Wildman–Crippen LogP) is 4.01. The molecule has 0 bridgehead atoms. The molecular formula is C11H12F3NO. The highest BCUT2D eigenvalue weighted by atomic mass is 19.4. The van der Waals surface area contributed by atoms with Crippen LogP contribution in [0.2, 0.25) is 0 Å². The number of aliphatic imine (C=N–C) groups is 1. The normalized spacial score (nSPS) is 12.1. The topological polar surface area (TPSA) is 21.6 Å². The zero-order chi connectivity index (χ0) is 12.2. The van der Waals surface area contributed by atoms with E-state index in [-0.39, 0.29) is 5.75 Å². The Morgan fingerprint density at radius 1 is 1.38 bits per heavy atom. The molecule has 0 spiro atoms. The molecule has 1 rings (SSSR count). The van der Waals surface area contributed by atoms with Crippen molar-refractivity contribution in [1.82, 2.24) is 0 Å². The fraction of sp³-hybridized carbons (Fsp3) is 0.364. The Hall–Kier alpha value is -1.52. The number of nitrogens with zero attached hydrogens (tertiary/aromatic N) is 1. The number of benzene rings is 1. The van der Waals surface area contributed by atoms with Gasteiger partial charge in [-0.1, -0.05) is 13.0 Å². The zero-order valence-electron chi connectivity index (χ0n) is 9.01. The molecule has 0 saturated carbocycles. The van der Waals surface area contributed by atoms with Gasteiger partial charge in [0.15, 0.2) is 0 Å². The fourth-order valence-electron chi connectivity index (χ4n) is 1.12. The molecule has 0 N–H and O–H groups in total. The minimum atomic E-state index is -4.67. The molecule has 5 heteroatoms. The number of aryl methyl sites for hydroxylation is 1. The van der Waals surface area contributed by atoms with Crippen molar-refractivity contribution in [2.24, 2.45) is 4.99 Å². The Balaban J connectivity index is 2.94. The zero-order valence-corrected chi connectivity index (χ0v) is 9.01. The van der Waals surface area contributed by atoms with E-state index < -0.39 is 6.36 Å². The third kappa shape index (κ3) is 3.92. The number of hydrogen-bond acceptors (Lipinski definition) is 2. The maximum atomic E-state index is 12.0. The second-order valence-electron chi connectivity index (χ2n) is 3.22. The van der Waals surface area contributed by atoms with Gasteiger partial charge in [-0.3, -0.25) is 4.99 Å². The van der Waals surface area contributed by atoms with Gasteiger partial charge in [-0.2, -0.15) is 0 Å². The van der Waals surface area contributed by atoms with Gasteiger partial charge in [0.2, 0.25) is 0 Å². The molecule has 0 radical (unpaired) electrons. The largest absolute Gasteiger partial charge is 0.573 e. The highest BCUT2D eigenvalue weighted by molar-refractivity contribution is 5.65. The average Bonchev–Trinajstić information content (AvgIpc) is 2.17. The Morgan fingerprint density at radius 3 is 2.62 bits per heavy atom. The van der Waals surface area contributed by atoms with Gasteiger partial charge in [-0.05, 0) is 25.0 Å². The molecule has 2 nitrogen and oxygen atoms in total. The molecule has 0 saturated heterocycles. The minimum Gasteiger partial charge on any atom is -0.406 e. The van der Waals surface area contributed by atoms with Gasteiger partial charge < -0.3 is 4.74 Å². The van der Waals surface area contributed by atoms with E-state index in [9.17, 15) is 13.2 Å².